The number of hydrogen-bond donors (Lipinski definition) is 0. The van der Waals surface area contributed by atoms with Crippen LogP contribution in [0.15, 0.2) is 42.7 Å². The third-order valence-electron chi connectivity index (χ3n) is 2.57. The molecule has 2 rings (SSSR count). The van der Waals surface area contributed by atoms with Gasteiger partial charge < -0.3 is 4.74 Å². The average molecular weight is 230 g/mol. The number of hydrogen-bond acceptors (Lipinski definition) is 3. The Morgan fingerprint density at radius 1 is 1.29 bits per heavy atom. The fourth-order valence-electron chi connectivity index (χ4n) is 1.68. The largest absolute Gasteiger partial charge is 0.469 e. The van der Waals surface area contributed by atoms with E-state index in [1.54, 1.807) is 6.20 Å². The Balaban J connectivity index is 2.18. The Kier molecular flexibility index (Phi) is 3.55. The summed E-state index contributed by atoms with van der Waals surface area (Å²) >= 11 is 0. The summed E-state index contributed by atoms with van der Waals surface area (Å²) in [4.78, 5) is 11.3. The van der Waals surface area contributed by atoms with Crippen LogP contribution in [0, 0.1) is 0 Å². The van der Waals surface area contributed by atoms with E-state index in [0.29, 0.717) is 13.0 Å². The highest BCUT2D eigenvalue weighted by molar-refractivity contribution is 5.72. The predicted molar refractivity (Wildman–Crippen MR) is 63.5 cm³/mol. The van der Waals surface area contributed by atoms with E-state index >= 15 is 0 Å². The molecule has 0 unspecified atom stereocenters. The normalized spacial score (nSPS) is 10.2. The number of benzene rings is 1. The second kappa shape index (κ2) is 5.30. The van der Waals surface area contributed by atoms with Gasteiger partial charge >= 0.3 is 5.97 Å². The Morgan fingerprint density at radius 2 is 2.06 bits per heavy atom. The molecule has 88 valence electrons. The van der Waals surface area contributed by atoms with E-state index in [9.17, 15) is 4.79 Å². The van der Waals surface area contributed by atoms with Crippen LogP contribution in [0.3, 0.4) is 0 Å². The lowest BCUT2D eigenvalue weighted by Crippen LogP contribution is -2.09. The molecular formula is C13H14N2O2. The summed E-state index contributed by atoms with van der Waals surface area (Å²) in [5.74, 6) is -0.224. The fraction of sp³-hybridized carbons (Fsp3) is 0.231. The Hall–Kier alpha value is -2.10. The van der Waals surface area contributed by atoms with Gasteiger partial charge in [-0.05, 0) is 17.2 Å². The Morgan fingerprint density at radius 3 is 2.71 bits per heavy atom. The molecule has 0 atom stereocenters. The molecule has 0 saturated carbocycles. The molecule has 4 nitrogen and oxygen atoms in total. The van der Waals surface area contributed by atoms with E-state index in [1.807, 2.05) is 41.2 Å². The first-order valence-corrected chi connectivity index (χ1v) is 5.40. The average Bonchev–Trinajstić information content (AvgIpc) is 2.84. The highest BCUT2D eigenvalue weighted by Crippen LogP contribution is 2.11. The number of nitrogens with zero attached hydrogens (tertiary/aromatic N) is 2. The zero-order chi connectivity index (χ0) is 12.1. The molecular weight excluding hydrogens is 216 g/mol. The van der Waals surface area contributed by atoms with Gasteiger partial charge in [0.05, 0.1) is 20.1 Å². The number of aromatic nitrogens is 2. The van der Waals surface area contributed by atoms with Gasteiger partial charge in [-0.2, -0.15) is 5.10 Å². The molecule has 1 aromatic carbocycles. The second-order valence-corrected chi connectivity index (χ2v) is 3.73. The van der Waals surface area contributed by atoms with Crippen LogP contribution in [0.1, 0.15) is 11.1 Å². The molecule has 1 aromatic heterocycles. The topological polar surface area (TPSA) is 44.1 Å². The van der Waals surface area contributed by atoms with Gasteiger partial charge in [0.2, 0.25) is 0 Å². The zero-order valence-electron chi connectivity index (χ0n) is 9.67. The second-order valence-electron chi connectivity index (χ2n) is 3.73. The molecule has 0 spiro atoms. The van der Waals surface area contributed by atoms with Gasteiger partial charge in [0.1, 0.15) is 0 Å². The third-order valence-corrected chi connectivity index (χ3v) is 2.57. The van der Waals surface area contributed by atoms with Crippen molar-refractivity contribution in [3.8, 4) is 0 Å². The molecule has 0 aliphatic heterocycles. The Bertz CT molecular complexity index is 492. The molecule has 0 aliphatic rings. The SMILES string of the molecule is COC(=O)Cc1ccccc1Cn1cccn1. The molecule has 0 amide bonds. The van der Waals surface area contributed by atoms with Gasteiger partial charge in [-0.15, -0.1) is 0 Å². The van der Waals surface area contributed by atoms with Crippen LogP contribution >= 0.6 is 0 Å². The molecule has 2 aromatic rings. The van der Waals surface area contributed by atoms with Gasteiger partial charge in [-0.25, -0.2) is 0 Å². The molecule has 0 radical (unpaired) electrons. The van der Waals surface area contributed by atoms with Gasteiger partial charge in [0, 0.05) is 12.4 Å². The lowest BCUT2D eigenvalue weighted by Gasteiger charge is -2.08. The molecule has 1 heterocycles. The van der Waals surface area contributed by atoms with Crippen molar-refractivity contribution in [1.82, 2.24) is 9.78 Å². The van der Waals surface area contributed by atoms with E-state index in [0.717, 1.165) is 11.1 Å². The molecule has 0 aliphatic carbocycles. The molecule has 17 heavy (non-hydrogen) atoms. The van der Waals surface area contributed by atoms with Crippen LogP contribution in [0.2, 0.25) is 0 Å². The summed E-state index contributed by atoms with van der Waals surface area (Å²) in [7, 11) is 1.40. The van der Waals surface area contributed by atoms with E-state index in [1.165, 1.54) is 7.11 Å². The highest BCUT2D eigenvalue weighted by Gasteiger charge is 2.07. The monoisotopic (exact) mass is 230 g/mol. The van der Waals surface area contributed by atoms with Crippen LogP contribution in [0.4, 0.5) is 0 Å². The van der Waals surface area contributed by atoms with Crippen molar-refractivity contribution in [2.75, 3.05) is 7.11 Å². The van der Waals surface area contributed by atoms with Crippen LogP contribution in [-0.2, 0) is 22.5 Å². The molecule has 0 bridgehead atoms. The Labute approximate surface area is 99.8 Å². The predicted octanol–water partition coefficient (Wildman–Crippen LogP) is 1.65. The van der Waals surface area contributed by atoms with Gasteiger partial charge in [-0.3, -0.25) is 9.48 Å². The minimum atomic E-state index is -0.224. The summed E-state index contributed by atoms with van der Waals surface area (Å²) in [5.41, 5.74) is 2.07. The molecule has 0 saturated heterocycles. The van der Waals surface area contributed by atoms with E-state index in [4.69, 9.17) is 0 Å². The van der Waals surface area contributed by atoms with Gasteiger partial charge in [0.15, 0.2) is 0 Å². The van der Waals surface area contributed by atoms with Crippen LogP contribution in [-0.4, -0.2) is 22.9 Å². The first-order chi connectivity index (χ1) is 8.29. The van der Waals surface area contributed by atoms with Gasteiger partial charge in [0.25, 0.3) is 0 Å². The van der Waals surface area contributed by atoms with Crippen molar-refractivity contribution in [2.24, 2.45) is 0 Å². The molecule has 4 heteroatoms. The lowest BCUT2D eigenvalue weighted by molar-refractivity contribution is -0.139. The first-order valence-electron chi connectivity index (χ1n) is 5.40. The fourth-order valence-corrected chi connectivity index (χ4v) is 1.68. The minimum Gasteiger partial charge on any atom is -0.469 e. The summed E-state index contributed by atoms with van der Waals surface area (Å²) in [6, 6.07) is 9.70. The molecule has 0 fully saturated rings. The van der Waals surface area contributed by atoms with Gasteiger partial charge in [-0.1, -0.05) is 24.3 Å². The van der Waals surface area contributed by atoms with Crippen LogP contribution < -0.4 is 0 Å². The standard InChI is InChI=1S/C13H14N2O2/c1-17-13(16)9-11-5-2-3-6-12(11)10-15-8-4-7-14-15/h2-8H,9-10H2,1H3. The van der Waals surface area contributed by atoms with Crippen molar-refractivity contribution in [3.63, 3.8) is 0 Å². The first kappa shape index (κ1) is 11.4. The number of ether oxygens (including phenoxy) is 1. The maximum absolute atomic E-state index is 11.3. The number of esters is 1. The van der Waals surface area contributed by atoms with Crippen molar-refractivity contribution < 1.29 is 9.53 Å². The van der Waals surface area contributed by atoms with E-state index in [2.05, 4.69) is 9.84 Å². The van der Waals surface area contributed by atoms with Crippen molar-refractivity contribution in [1.29, 1.82) is 0 Å². The molecule has 0 N–H and O–H groups in total. The van der Waals surface area contributed by atoms with Crippen LogP contribution in [0.5, 0.6) is 0 Å². The number of carbonyl (C=O) groups excluding carboxylic acids is 1. The third kappa shape index (κ3) is 2.93. The lowest BCUT2D eigenvalue weighted by atomic mass is 10.0. The summed E-state index contributed by atoms with van der Waals surface area (Å²) < 4.78 is 6.51. The summed E-state index contributed by atoms with van der Waals surface area (Å²) in [6.45, 7) is 0.667. The summed E-state index contributed by atoms with van der Waals surface area (Å²) in [6.07, 6.45) is 3.94. The maximum atomic E-state index is 11.3. The van der Waals surface area contributed by atoms with Crippen molar-refractivity contribution >= 4 is 5.97 Å². The minimum absolute atomic E-state index is 0.224. The van der Waals surface area contributed by atoms with Crippen molar-refractivity contribution in [2.45, 2.75) is 13.0 Å². The highest BCUT2D eigenvalue weighted by atomic mass is 16.5. The zero-order valence-corrected chi connectivity index (χ0v) is 9.67. The van der Waals surface area contributed by atoms with E-state index < -0.39 is 0 Å². The number of carbonyl (C=O) groups is 1. The number of methoxy groups -OCH3 is 1. The summed E-state index contributed by atoms with van der Waals surface area (Å²) in [5, 5.41) is 4.15. The quantitative estimate of drug-likeness (QED) is 0.750. The van der Waals surface area contributed by atoms with Crippen molar-refractivity contribution in [3.05, 3.63) is 53.9 Å². The number of rotatable bonds is 4. The van der Waals surface area contributed by atoms with Crippen LogP contribution in [0.25, 0.3) is 0 Å². The maximum Gasteiger partial charge on any atom is 0.309 e. The smallest absolute Gasteiger partial charge is 0.309 e. The van der Waals surface area contributed by atoms with E-state index in [-0.39, 0.29) is 5.97 Å².